The molecule has 0 bridgehead atoms. The first-order valence-electron chi connectivity index (χ1n) is 8.32. The van der Waals surface area contributed by atoms with Gasteiger partial charge in [0.25, 0.3) is 0 Å². The quantitative estimate of drug-likeness (QED) is 0.720. The van der Waals surface area contributed by atoms with Crippen molar-refractivity contribution in [3.8, 4) is 0 Å². The molecule has 3 aliphatic rings. The van der Waals surface area contributed by atoms with Crippen molar-refractivity contribution >= 4 is 11.8 Å². The summed E-state index contributed by atoms with van der Waals surface area (Å²) < 4.78 is 0. The van der Waals surface area contributed by atoms with Crippen LogP contribution in [0.15, 0.2) is 0 Å². The molecule has 1 saturated carbocycles. The largest absolute Gasteiger partial charge is 0.304 e. The third-order valence-electron chi connectivity index (χ3n) is 5.51. The number of likely N-dealkylation sites (tertiary alicyclic amines) is 1. The zero-order valence-electron chi connectivity index (χ0n) is 13.1. The molecule has 118 valence electrons. The Morgan fingerprint density at radius 3 is 2.05 bits per heavy atom. The summed E-state index contributed by atoms with van der Waals surface area (Å²) in [5, 5.41) is 0. The van der Waals surface area contributed by atoms with Gasteiger partial charge in [-0.3, -0.25) is 19.4 Å². The summed E-state index contributed by atoms with van der Waals surface area (Å²) in [6, 6.07) is 0. The lowest BCUT2D eigenvalue weighted by molar-refractivity contribution is -0.157. The minimum Gasteiger partial charge on any atom is -0.304 e. The van der Waals surface area contributed by atoms with E-state index < -0.39 is 0 Å². The van der Waals surface area contributed by atoms with Crippen molar-refractivity contribution in [2.75, 3.05) is 39.9 Å². The Balaban J connectivity index is 1.60. The Kier molecular flexibility index (Phi) is 4.31. The van der Waals surface area contributed by atoms with Crippen molar-refractivity contribution in [3.63, 3.8) is 0 Å². The van der Waals surface area contributed by atoms with Gasteiger partial charge in [0.1, 0.15) is 0 Å². The second-order valence-corrected chi connectivity index (χ2v) is 7.19. The first-order valence-corrected chi connectivity index (χ1v) is 8.32. The molecule has 0 radical (unpaired) electrons. The van der Waals surface area contributed by atoms with Crippen LogP contribution in [0.3, 0.4) is 0 Å². The Labute approximate surface area is 127 Å². The highest BCUT2D eigenvalue weighted by Gasteiger charge is 2.44. The number of carbonyl (C=O) groups is 2. The predicted molar refractivity (Wildman–Crippen MR) is 80.5 cm³/mol. The molecular weight excluding hydrogens is 266 g/mol. The molecule has 0 aromatic heterocycles. The minimum absolute atomic E-state index is 0.00499. The molecule has 2 heterocycles. The number of rotatable bonds is 2. The molecule has 0 N–H and O–H groups in total. The molecule has 21 heavy (non-hydrogen) atoms. The van der Waals surface area contributed by atoms with Gasteiger partial charge < -0.3 is 4.90 Å². The summed E-state index contributed by atoms with van der Waals surface area (Å²) in [5.41, 5.74) is 0.00499. The van der Waals surface area contributed by atoms with Crippen LogP contribution in [0.25, 0.3) is 0 Å². The number of amides is 2. The zero-order chi connectivity index (χ0) is 14.9. The summed E-state index contributed by atoms with van der Waals surface area (Å²) in [4.78, 5) is 31.0. The van der Waals surface area contributed by atoms with E-state index in [-0.39, 0.29) is 17.2 Å². The van der Waals surface area contributed by atoms with Crippen LogP contribution in [0.2, 0.25) is 0 Å². The van der Waals surface area contributed by atoms with Crippen LogP contribution in [0, 0.1) is 5.41 Å². The van der Waals surface area contributed by atoms with Crippen LogP contribution in [-0.4, -0.2) is 66.4 Å². The molecule has 2 aliphatic heterocycles. The normalized spacial score (nSPS) is 28.3. The van der Waals surface area contributed by atoms with Gasteiger partial charge in [-0.2, -0.15) is 0 Å². The van der Waals surface area contributed by atoms with Crippen LogP contribution in [0.1, 0.15) is 44.9 Å². The number of piperidine rings is 1. The average molecular weight is 293 g/mol. The second-order valence-electron chi connectivity index (χ2n) is 7.19. The Hall–Kier alpha value is -0.940. The molecule has 5 heteroatoms. The number of imide groups is 1. The van der Waals surface area contributed by atoms with E-state index in [1.165, 1.54) is 24.2 Å². The first kappa shape index (κ1) is 15.0. The fourth-order valence-corrected chi connectivity index (χ4v) is 4.04. The molecule has 3 rings (SSSR count). The number of hydrogen-bond donors (Lipinski definition) is 0. The van der Waals surface area contributed by atoms with E-state index in [9.17, 15) is 9.59 Å². The zero-order valence-corrected chi connectivity index (χ0v) is 13.1. The molecule has 5 nitrogen and oxygen atoms in total. The van der Waals surface area contributed by atoms with Gasteiger partial charge in [0.15, 0.2) is 0 Å². The highest BCUT2D eigenvalue weighted by atomic mass is 16.2. The molecule has 2 saturated heterocycles. The van der Waals surface area contributed by atoms with Gasteiger partial charge >= 0.3 is 0 Å². The fraction of sp³-hybridized carbons (Fsp3) is 0.875. The topological polar surface area (TPSA) is 43.9 Å². The van der Waals surface area contributed by atoms with E-state index in [1.54, 1.807) is 0 Å². The highest BCUT2D eigenvalue weighted by Crippen LogP contribution is 2.45. The van der Waals surface area contributed by atoms with E-state index >= 15 is 0 Å². The van der Waals surface area contributed by atoms with Gasteiger partial charge in [-0.25, -0.2) is 0 Å². The summed E-state index contributed by atoms with van der Waals surface area (Å²) in [6.07, 6.45) is 6.92. The molecule has 3 fully saturated rings. The van der Waals surface area contributed by atoms with Gasteiger partial charge in [0.05, 0.1) is 6.67 Å². The van der Waals surface area contributed by atoms with Gasteiger partial charge in [-0.05, 0) is 25.3 Å². The van der Waals surface area contributed by atoms with Crippen LogP contribution in [0.5, 0.6) is 0 Å². The van der Waals surface area contributed by atoms with Crippen LogP contribution in [-0.2, 0) is 9.59 Å². The summed E-state index contributed by atoms with van der Waals surface area (Å²) in [6.45, 7) is 4.42. The number of nitrogens with zero attached hydrogens (tertiary/aromatic N) is 3. The predicted octanol–water partition coefficient (Wildman–Crippen LogP) is 1.29. The van der Waals surface area contributed by atoms with E-state index in [0.717, 1.165) is 39.0 Å². The standard InChI is InChI=1S/C16H27N3O2/c1-17-7-9-18(10-8-17)13-19-14(20)11-16(12-15(19)21)5-3-2-4-6-16/h2-13H2,1H3. The van der Waals surface area contributed by atoms with Gasteiger partial charge in [0.2, 0.25) is 11.8 Å². The average Bonchev–Trinajstić information content (AvgIpc) is 2.46. The van der Waals surface area contributed by atoms with E-state index in [4.69, 9.17) is 0 Å². The molecule has 0 aromatic rings. The molecule has 0 atom stereocenters. The van der Waals surface area contributed by atoms with Crippen LogP contribution >= 0.6 is 0 Å². The van der Waals surface area contributed by atoms with Crippen LogP contribution < -0.4 is 0 Å². The monoisotopic (exact) mass is 293 g/mol. The molecule has 2 amide bonds. The van der Waals surface area contributed by atoms with Gasteiger partial charge in [-0.1, -0.05) is 19.3 Å². The lowest BCUT2D eigenvalue weighted by atomic mass is 9.67. The molecule has 1 spiro atoms. The smallest absolute Gasteiger partial charge is 0.230 e. The van der Waals surface area contributed by atoms with Crippen molar-refractivity contribution < 1.29 is 9.59 Å². The van der Waals surface area contributed by atoms with Crippen molar-refractivity contribution in [1.82, 2.24) is 14.7 Å². The molecular formula is C16H27N3O2. The third kappa shape index (κ3) is 3.29. The van der Waals surface area contributed by atoms with E-state index in [0.29, 0.717) is 19.5 Å². The second kappa shape index (κ2) is 6.05. The first-order chi connectivity index (χ1) is 10.1. The summed E-state index contributed by atoms with van der Waals surface area (Å²) in [7, 11) is 2.11. The van der Waals surface area contributed by atoms with Crippen molar-refractivity contribution in [2.45, 2.75) is 44.9 Å². The fourth-order valence-electron chi connectivity index (χ4n) is 4.04. The van der Waals surface area contributed by atoms with Crippen molar-refractivity contribution in [1.29, 1.82) is 0 Å². The maximum absolute atomic E-state index is 12.5. The number of hydrogen-bond acceptors (Lipinski definition) is 4. The third-order valence-corrected chi connectivity index (χ3v) is 5.51. The van der Waals surface area contributed by atoms with E-state index in [1.807, 2.05) is 0 Å². The molecule has 0 aromatic carbocycles. The Morgan fingerprint density at radius 1 is 0.905 bits per heavy atom. The molecule has 0 unspecified atom stereocenters. The lowest BCUT2D eigenvalue weighted by Gasteiger charge is -2.44. The maximum atomic E-state index is 12.5. The Bertz CT molecular complexity index is 390. The van der Waals surface area contributed by atoms with E-state index in [2.05, 4.69) is 16.8 Å². The Morgan fingerprint density at radius 2 is 1.48 bits per heavy atom. The van der Waals surface area contributed by atoms with Gasteiger partial charge in [0, 0.05) is 39.0 Å². The number of carbonyl (C=O) groups excluding carboxylic acids is 2. The number of piperazine rings is 1. The van der Waals surface area contributed by atoms with Crippen molar-refractivity contribution in [3.05, 3.63) is 0 Å². The van der Waals surface area contributed by atoms with Crippen LogP contribution in [0.4, 0.5) is 0 Å². The lowest BCUT2D eigenvalue weighted by Crippen LogP contribution is -2.55. The van der Waals surface area contributed by atoms with Crippen molar-refractivity contribution in [2.24, 2.45) is 5.41 Å². The number of likely N-dealkylation sites (N-methyl/N-ethyl adjacent to an activating group) is 1. The van der Waals surface area contributed by atoms with Gasteiger partial charge in [-0.15, -0.1) is 0 Å². The SMILES string of the molecule is CN1CCN(CN2C(=O)CC3(CCCCC3)CC2=O)CC1. The molecule has 1 aliphatic carbocycles. The minimum atomic E-state index is 0.00499. The highest BCUT2D eigenvalue weighted by molar-refractivity contribution is 5.98. The summed E-state index contributed by atoms with van der Waals surface area (Å²) in [5.74, 6) is 0.124. The maximum Gasteiger partial charge on any atom is 0.230 e. The summed E-state index contributed by atoms with van der Waals surface area (Å²) >= 11 is 0.